The molecule has 0 heterocycles. The predicted octanol–water partition coefficient (Wildman–Crippen LogP) is -0.558. The number of carbonyl (C=O) groups is 2. The molecule has 0 spiro atoms. The molecule has 1 amide bonds. The number of carboxylic acids is 1. The normalized spacial score (nSPS) is 13.5. The number of hydrogen-bond acceptors (Lipinski definition) is 7. The van der Waals surface area contributed by atoms with Crippen LogP contribution in [-0.2, 0) is 16.0 Å². The Morgan fingerprint density at radius 3 is 2.55 bits per heavy atom. The second kappa shape index (κ2) is 7.90. The SMILES string of the molecule is CC(NC(=O)C(N)Cc1ccc(OP(O)O)c(O)c1)C(=O)O. The molecule has 1 aromatic carbocycles. The molecule has 0 aliphatic rings. The molecule has 7 N–H and O–H groups in total. The molecule has 22 heavy (non-hydrogen) atoms. The summed E-state index contributed by atoms with van der Waals surface area (Å²) in [4.78, 5) is 39.8. The lowest BCUT2D eigenvalue weighted by atomic mass is 10.1. The van der Waals surface area contributed by atoms with E-state index in [0.29, 0.717) is 5.56 Å². The van der Waals surface area contributed by atoms with Gasteiger partial charge in [0.2, 0.25) is 5.91 Å². The van der Waals surface area contributed by atoms with Crippen molar-refractivity contribution in [1.82, 2.24) is 5.32 Å². The van der Waals surface area contributed by atoms with Crippen molar-refractivity contribution in [1.29, 1.82) is 0 Å². The maximum absolute atomic E-state index is 11.7. The third kappa shape index (κ3) is 5.45. The Bertz CT molecular complexity index is 552. The molecule has 1 aromatic rings. The van der Waals surface area contributed by atoms with Crippen LogP contribution in [0.15, 0.2) is 18.2 Å². The molecular weight excluding hydrogens is 315 g/mol. The highest BCUT2D eigenvalue weighted by atomic mass is 31.2. The molecule has 2 unspecified atom stereocenters. The van der Waals surface area contributed by atoms with Gasteiger partial charge in [-0.25, -0.2) is 0 Å². The number of carbonyl (C=O) groups excluding carboxylic acids is 1. The van der Waals surface area contributed by atoms with E-state index in [9.17, 15) is 14.7 Å². The average Bonchev–Trinajstić information content (AvgIpc) is 2.41. The van der Waals surface area contributed by atoms with E-state index in [0.717, 1.165) is 0 Å². The summed E-state index contributed by atoms with van der Waals surface area (Å²) in [5, 5.41) is 20.6. The van der Waals surface area contributed by atoms with Gasteiger partial charge in [0.15, 0.2) is 11.5 Å². The predicted molar refractivity (Wildman–Crippen MR) is 77.0 cm³/mol. The summed E-state index contributed by atoms with van der Waals surface area (Å²) in [6.07, 6.45) is 0.0546. The lowest BCUT2D eigenvalue weighted by Gasteiger charge is -2.15. The van der Waals surface area contributed by atoms with Gasteiger partial charge in [-0.15, -0.1) is 0 Å². The van der Waals surface area contributed by atoms with Crippen LogP contribution < -0.4 is 15.6 Å². The second-order valence-electron chi connectivity index (χ2n) is 4.53. The first kappa shape index (κ1) is 18.1. The fraction of sp³-hybridized carbons (Fsp3) is 0.333. The maximum Gasteiger partial charge on any atom is 0.391 e. The number of aromatic hydroxyl groups is 1. The lowest BCUT2D eigenvalue weighted by molar-refractivity contribution is -0.141. The Balaban J connectivity index is 2.68. The van der Waals surface area contributed by atoms with Gasteiger partial charge in [-0.2, -0.15) is 0 Å². The van der Waals surface area contributed by atoms with Gasteiger partial charge in [-0.1, -0.05) is 6.07 Å². The summed E-state index contributed by atoms with van der Waals surface area (Å²) in [5.41, 5.74) is 6.17. The molecule has 0 radical (unpaired) electrons. The zero-order chi connectivity index (χ0) is 16.9. The van der Waals surface area contributed by atoms with Crippen molar-refractivity contribution in [2.45, 2.75) is 25.4 Å². The van der Waals surface area contributed by atoms with E-state index < -0.39 is 32.6 Å². The third-order valence-electron chi connectivity index (χ3n) is 2.72. The van der Waals surface area contributed by atoms with Crippen LogP contribution in [0.1, 0.15) is 12.5 Å². The van der Waals surface area contributed by atoms with Crippen molar-refractivity contribution in [2.24, 2.45) is 5.73 Å². The van der Waals surface area contributed by atoms with Crippen LogP contribution in [0.25, 0.3) is 0 Å². The highest BCUT2D eigenvalue weighted by molar-refractivity contribution is 7.39. The first-order valence-electron chi connectivity index (χ1n) is 6.17. The van der Waals surface area contributed by atoms with Crippen LogP contribution in [0.5, 0.6) is 11.5 Å². The third-order valence-corrected chi connectivity index (χ3v) is 3.08. The summed E-state index contributed by atoms with van der Waals surface area (Å²) in [7, 11) is -2.65. The van der Waals surface area contributed by atoms with Gasteiger partial charge in [0.25, 0.3) is 0 Å². The Morgan fingerprint density at radius 1 is 1.41 bits per heavy atom. The molecule has 122 valence electrons. The average molecular weight is 332 g/mol. The van der Waals surface area contributed by atoms with Gasteiger partial charge in [0.1, 0.15) is 6.04 Å². The van der Waals surface area contributed by atoms with E-state index in [1.807, 2.05) is 0 Å². The van der Waals surface area contributed by atoms with Gasteiger partial charge in [0.05, 0.1) is 6.04 Å². The molecule has 0 aromatic heterocycles. The van der Waals surface area contributed by atoms with Crippen molar-refractivity contribution >= 4 is 20.5 Å². The van der Waals surface area contributed by atoms with Crippen LogP contribution in [0.4, 0.5) is 0 Å². The van der Waals surface area contributed by atoms with E-state index in [2.05, 4.69) is 9.84 Å². The standard InChI is InChI=1S/C12H17N2O7P/c1-6(12(17)18)14-11(16)8(13)4-7-2-3-10(9(15)5-7)21-22(19)20/h2-3,5-6,8,15,19-20H,4,13H2,1H3,(H,14,16)(H,17,18). The first-order valence-corrected chi connectivity index (χ1v) is 7.33. The Kier molecular flexibility index (Phi) is 6.51. The zero-order valence-corrected chi connectivity index (χ0v) is 12.5. The molecule has 0 saturated heterocycles. The minimum absolute atomic E-state index is 0.0546. The van der Waals surface area contributed by atoms with Gasteiger partial charge >= 0.3 is 14.6 Å². The molecule has 2 atom stereocenters. The number of rotatable bonds is 7. The number of aliphatic carboxylic acids is 1. The summed E-state index contributed by atoms with van der Waals surface area (Å²) >= 11 is 0. The Morgan fingerprint density at radius 2 is 2.05 bits per heavy atom. The van der Waals surface area contributed by atoms with Crippen LogP contribution in [-0.4, -0.2) is 44.0 Å². The number of amides is 1. The minimum Gasteiger partial charge on any atom is -0.504 e. The van der Waals surface area contributed by atoms with E-state index in [4.69, 9.17) is 20.6 Å². The highest BCUT2D eigenvalue weighted by Gasteiger charge is 2.20. The van der Waals surface area contributed by atoms with Gasteiger partial charge in [-0.05, 0) is 31.0 Å². The lowest BCUT2D eigenvalue weighted by Crippen LogP contribution is -2.48. The van der Waals surface area contributed by atoms with Crippen molar-refractivity contribution in [3.8, 4) is 11.5 Å². The van der Waals surface area contributed by atoms with Gasteiger partial charge in [0, 0.05) is 0 Å². The number of phenolic OH excluding ortho intramolecular Hbond substituents is 1. The van der Waals surface area contributed by atoms with Crippen LogP contribution in [0, 0.1) is 0 Å². The van der Waals surface area contributed by atoms with Crippen molar-refractivity contribution < 1.29 is 34.1 Å². The fourth-order valence-electron chi connectivity index (χ4n) is 1.58. The molecule has 0 saturated carbocycles. The minimum atomic E-state index is -2.65. The number of nitrogens with two attached hydrogens (primary N) is 1. The van der Waals surface area contributed by atoms with Crippen LogP contribution in [0.3, 0.4) is 0 Å². The number of benzene rings is 1. The van der Waals surface area contributed by atoms with E-state index in [1.165, 1.54) is 25.1 Å². The molecule has 0 aliphatic heterocycles. The number of nitrogens with one attached hydrogen (secondary N) is 1. The largest absolute Gasteiger partial charge is 0.504 e. The number of hydrogen-bond donors (Lipinski definition) is 6. The zero-order valence-electron chi connectivity index (χ0n) is 11.6. The van der Waals surface area contributed by atoms with E-state index in [1.54, 1.807) is 0 Å². The van der Waals surface area contributed by atoms with Crippen molar-refractivity contribution in [3.05, 3.63) is 23.8 Å². The molecule has 9 nitrogen and oxygen atoms in total. The Hall–Kier alpha value is -1.93. The topological polar surface area (TPSA) is 162 Å². The van der Waals surface area contributed by atoms with E-state index in [-0.39, 0.29) is 17.9 Å². The van der Waals surface area contributed by atoms with E-state index >= 15 is 0 Å². The maximum atomic E-state index is 11.7. The monoisotopic (exact) mass is 332 g/mol. The quantitative estimate of drug-likeness (QED) is 0.362. The summed E-state index contributed by atoms with van der Waals surface area (Å²) in [6, 6.07) is 2.00. The second-order valence-corrected chi connectivity index (χ2v) is 5.21. The van der Waals surface area contributed by atoms with Crippen LogP contribution >= 0.6 is 8.60 Å². The highest BCUT2D eigenvalue weighted by Crippen LogP contribution is 2.35. The van der Waals surface area contributed by atoms with Crippen molar-refractivity contribution in [3.63, 3.8) is 0 Å². The number of carboxylic acid groups (broad SMARTS) is 1. The summed E-state index contributed by atoms with van der Waals surface area (Å²) in [5.74, 6) is -2.26. The fourth-order valence-corrected chi connectivity index (χ4v) is 1.91. The smallest absolute Gasteiger partial charge is 0.391 e. The Labute approximate surface area is 127 Å². The van der Waals surface area contributed by atoms with Crippen LogP contribution in [0.2, 0.25) is 0 Å². The van der Waals surface area contributed by atoms with Crippen molar-refractivity contribution in [2.75, 3.05) is 0 Å². The first-order chi connectivity index (χ1) is 10.2. The molecule has 0 bridgehead atoms. The molecule has 1 rings (SSSR count). The van der Waals surface area contributed by atoms with Gasteiger partial charge in [-0.3, -0.25) is 9.59 Å². The molecule has 10 heteroatoms. The van der Waals surface area contributed by atoms with Gasteiger partial charge < -0.3 is 35.6 Å². The molecular formula is C12H17N2O7P. The summed E-state index contributed by atoms with van der Waals surface area (Å²) < 4.78 is 4.58. The molecule has 0 fully saturated rings. The number of phenols is 1. The summed E-state index contributed by atoms with van der Waals surface area (Å²) in [6.45, 7) is 1.31. The molecule has 0 aliphatic carbocycles.